The van der Waals surface area contributed by atoms with Crippen molar-refractivity contribution in [3.63, 3.8) is 0 Å². The van der Waals surface area contributed by atoms with Gasteiger partial charge in [0, 0.05) is 12.4 Å². The molecule has 0 radical (unpaired) electrons. The molecule has 0 aliphatic rings. The molecule has 0 fully saturated rings. The Balaban J connectivity index is 0.00000156. The topological polar surface area (TPSA) is 28.7 Å². The zero-order valence-electron chi connectivity index (χ0n) is 21.0. The summed E-state index contributed by atoms with van der Waals surface area (Å²) in [5, 5.41) is 0. The first-order chi connectivity index (χ1) is 15.4. The van der Waals surface area contributed by atoms with Crippen molar-refractivity contribution in [3.8, 4) is 0 Å². The molecular formula is C29H54N2. The quantitative estimate of drug-likeness (QED) is 0.144. The van der Waals surface area contributed by atoms with Crippen LogP contribution in [0, 0.1) is 0 Å². The molecule has 2 heteroatoms. The highest BCUT2D eigenvalue weighted by Crippen LogP contribution is 2.14. The van der Waals surface area contributed by atoms with Gasteiger partial charge in [-0.05, 0) is 25.7 Å². The second kappa shape index (κ2) is 28.7. The lowest BCUT2D eigenvalue weighted by atomic mass is 10.0. The molecule has 0 unspecified atom stereocenters. The summed E-state index contributed by atoms with van der Waals surface area (Å²) in [5.74, 6) is 0. The third kappa shape index (κ3) is 28.7. The zero-order chi connectivity index (χ0) is 22.5. The molecule has 0 atom stereocenters. The Labute approximate surface area is 195 Å². The Morgan fingerprint density at radius 2 is 1.06 bits per heavy atom. The minimum atomic E-state index is 1.12. The van der Waals surface area contributed by atoms with Crippen molar-refractivity contribution in [1.29, 1.82) is 0 Å². The summed E-state index contributed by atoms with van der Waals surface area (Å²) in [5.41, 5.74) is 0. The van der Waals surface area contributed by atoms with E-state index in [0.717, 1.165) is 6.42 Å². The lowest BCUT2D eigenvalue weighted by Crippen LogP contribution is -1.84. The second-order valence-corrected chi connectivity index (χ2v) is 8.90. The maximum atomic E-state index is 3.75. The monoisotopic (exact) mass is 430 g/mol. The Kier molecular flexibility index (Phi) is 27.5. The standard InChI is InChI=1S/C26H50.C3H4N2/c1-3-5-7-9-11-13-15-17-19-21-23-25-26-24-22-20-18-16-14-12-10-8-6-4-2;1-2-5-3-4-1/h3,9,11H,1,4-8,10,12-26H2,2H3;1-3H,(H,4,5). The van der Waals surface area contributed by atoms with E-state index in [1.165, 1.54) is 128 Å². The molecule has 1 rings (SSSR count). The van der Waals surface area contributed by atoms with Crippen molar-refractivity contribution in [2.75, 3.05) is 0 Å². The second-order valence-electron chi connectivity index (χ2n) is 8.90. The molecule has 180 valence electrons. The number of hydrogen-bond acceptors (Lipinski definition) is 1. The number of nitrogens with one attached hydrogen (secondary N) is 1. The summed E-state index contributed by atoms with van der Waals surface area (Å²) in [6.45, 7) is 6.05. The first-order valence-corrected chi connectivity index (χ1v) is 13.6. The number of hydrogen-bond donors (Lipinski definition) is 1. The molecule has 0 saturated carbocycles. The molecule has 1 aromatic heterocycles. The number of aromatic amines is 1. The first-order valence-electron chi connectivity index (χ1n) is 13.6. The van der Waals surface area contributed by atoms with Gasteiger partial charge in [0.1, 0.15) is 0 Å². The fourth-order valence-electron chi connectivity index (χ4n) is 3.83. The number of unbranched alkanes of at least 4 members (excludes halogenated alkanes) is 19. The Morgan fingerprint density at radius 1 is 0.613 bits per heavy atom. The highest BCUT2D eigenvalue weighted by molar-refractivity contribution is 4.84. The van der Waals surface area contributed by atoms with Crippen molar-refractivity contribution in [2.24, 2.45) is 0 Å². The van der Waals surface area contributed by atoms with Gasteiger partial charge in [0.15, 0.2) is 0 Å². The predicted molar refractivity (Wildman–Crippen MR) is 141 cm³/mol. The van der Waals surface area contributed by atoms with Crippen LogP contribution in [0.5, 0.6) is 0 Å². The number of aromatic nitrogens is 2. The average Bonchev–Trinajstić information content (AvgIpc) is 3.38. The van der Waals surface area contributed by atoms with E-state index in [2.05, 4.69) is 35.6 Å². The molecule has 31 heavy (non-hydrogen) atoms. The molecule has 0 bridgehead atoms. The third-order valence-electron chi connectivity index (χ3n) is 5.83. The van der Waals surface area contributed by atoms with Gasteiger partial charge in [-0.1, -0.05) is 134 Å². The molecule has 0 aliphatic carbocycles. The average molecular weight is 431 g/mol. The van der Waals surface area contributed by atoms with Crippen LogP contribution in [0.15, 0.2) is 43.5 Å². The molecule has 0 spiro atoms. The van der Waals surface area contributed by atoms with Crippen LogP contribution < -0.4 is 0 Å². The van der Waals surface area contributed by atoms with E-state index in [-0.39, 0.29) is 0 Å². The van der Waals surface area contributed by atoms with E-state index in [1.54, 1.807) is 18.7 Å². The Bertz CT molecular complexity index is 418. The molecule has 2 nitrogen and oxygen atoms in total. The third-order valence-corrected chi connectivity index (χ3v) is 5.83. The lowest BCUT2D eigenvalue weighted by molar-refractivity contribution is 0.525. The van der Waals surface area contributed by atoms with Crippen LogP contribution in [-0.4, -0.2) is 9.97 Å². The van der Waals surface area contributed by atoms with E-state index in [9.17, 15) is 0 Å². The SMILES string of the molecule is C=CCCC=CCCCCCCCCCCCCCCCCCCCC.c1c[nH]cn1. The molecule has 1 aromatic rings. The first kappa shape index (κ1) is 29.7. The van der Waals surface area contributed by atoms with Crippen molar-refractivity contribution < 1.29 is 0 Å². The highest BCUT2D eigenvalue weighted by Gasteiger charge is 1.94. The van der Waals surface area contributed by atoms with Gasteiger partial charge in [-0.15, -0.1) is 6.58 Å². The van der Waals surface area contributed by atoms with Gasteiger partial charge in [0.2, 0.25) is 0 Å². The fourth-order valence-corrected chi connectivity index (χ4v) is 3.83. The van der Waals surface area contributed by atoms with Gasteiger partial charge >= 0.3 is 0 Å². The molecule has 0 aromatic carbocycles. The van der Waals surface area contributed by atoms with E-state index in [0.29, 0.717) is 0 Å². The molecule has 1 heterocycles. The van der Waals surface area contributed by atoms with Crippen LogP contribution in [0.4, 0.5) is 0 Å². The maximum absolute atomic E-state index is 3.75. The molecule has 1 N–H and O–H groups in total. The van der Waals surface area contributed by atoms with Crippen molar-refractivity contribution in [1.82, 2.24) is 9.97 Å². The number of nitrogens with zero attached hydrogens (tertiary/aromatic N) is 1. The van der Waals surface area contributed by atoms with E-state index >= 15 is 0 Å². The summed E-state index contributed by atoms with van der Waals surface area (Å²) in [4.78, 5) is 6.42. The van der Waals surface area contributed by atoms with Gasteiger partial charge in [-0.3, -0.25) is 0 Å². The van der Waals surface area contributed by atoms with Crippen LogP contribution >= 0.6 is 0 Å². The number of H-pyrrole nitrogens is 1. The maximum Gasteiger partial charge on any atom is 0.0919 e. The summed E-state index contributed by atoms with van der Waals surface area (Å²) in [6, 6.07) is 0. The fraction of sp³-hybridized carbons (Fsp3) is 0.759. The van der Waals surface area contributed by atoms with Crippen molar-refractivity contribution >= 4 is 0 Å². The zero-order valence-corrected chi connectivity index (χ0v) is 21.0. The number of rotatable bonds is 22. The van der Waals surface area contributed by atoms with Crippen LogP contribution in [0.25, 0.3) is 0 Å². The van der Waals surface area contributed by atoms with Gasteiger partial charge < -0.3 is 4.98 Å². The predicted octanol–water partition coefficient (Wildman–Crippen LogP) is 10.4. The van der Waals surface area contributed by atoms with Crippen molar-refractivity contribution in [2.45, 2.75) is 142 Å². The number of imidazole rings is 1. The highest BCUT2D eigenvalue weighted by atomic mass is 14.8. The van der Waals surface area contributed by atoms with Crippen LogP contribution in [-0.2, 0) is 0 Å². The van der Waals surface area contributed by atoms with Crippen molar-refractivity contribution in [3.05, 3.63) is 43.5 Å². The minimum absolute atomic E-state index is 1.12. The minimum Gasteiger partial charge on any atom is -0.351 e. The van der Waals surface area contributed by atoms with Crippen LogP contribution in [0.1, 0.15) is 142 Å². The Hall–Kier alpha value is -1.31. The van der Waals surface area contributed by atoms with Gasteiger partial charge in [0.25, 0.3) is 0 Å². The molecule has 0 amide bonds. The van der Waals surface area contributed by atoms with E-state index in [1.807, 2.05) is 6.08 Å². The molecule has 0 saturated heterocycles. The smallest absolute Gasteiger partial charge is 0.0919 e. The van der Waals surface area contributed by atoms with Gasteiger partial charge in [0.05, 0.1) is 6.33 Å². The summed E-state index contributed by atoms with van der Waals surface area (Å²) < 4.78 is 0. The molecule has 0 aliphatic heterocycles. The normalized spacial score (nSPS) is 10.9. The van der Waals surface area contributed by atoms with Gasteiger partial charge in [-0.2, -0.15) is 0 Å². The van der Waals surface area contributed by atoms with E-state index in [4.69, 9.17) is 0 Å². The summed E-state index contributed by atoms with van der Waals surface area (Å²) in [6.07, 6.45) is 41.5. The van der Waals surface area contributed by atoms with Crippen LogP contribution in [0.3, 0.4) is 0 Å². The van der Waals surface area contributed by atoms with Gasteiger partial charge in [-0.25, -0.2) is 4.98 Å². The Morgan fingerprint density at radius 3 is 1.42 bits per heavy atom. The molecular weight excluding hydrogens is 376 g/mol. The lowest BCUT2D eigenvalue weighted by Gasteiger charge is -2.03. The van der Waals surface area contributed by atoms with Crippen LogP contribution in [0.2, 0.25) is 0 Å². The largest absolute Gasteiger partial charge is 0.351 e. The van der Waals surface area contributed by atoms with E-state index < -0.39 is 0 Å². The summed E-state index contributed by atoms with van der Waals surface area (Å²) in [7, 11) is 0. The number of allylic oxidation sites excluding steroid dienone is 3. The summed E-state index contributed by atoms with van der Waals surface area (Å²) >= 11 is 0.